The third kappa shape index (κ3) is 2.57. The van der Waals surface area contributed by atoms with Crippen LogP contribution in [0.5, 0.6) is 0 Å². The summed E-state index contributed by atoms with van der Waals surface area (Å²) in [7, 11) is 0. The van der Waals surface area contributed by atoms with Crippen LogP contribution in [0.3, 0.4) is 0 Å². The molecule has 0 aliphatic heterocycles. The Morgan fingerprint density at radius 1 is 0.655 bits per heavy atom. The summed E-state index contributed by atoms with van der Waals surface area (Å²) in [5, 5.41) is 7.84. The van der Waals surface area contributed by atoms with Crippen molar-refractivity contribution in [1.82, 2.24) is 4.98 Å². The fraction of sp³-hybridized carbons (Fsp3) is 0.0370. The average Bonchev–Trinajstić information content (AvgIpc) is 2.79. The van der Waals surface area contributed by atoms with Gasteiger partial charge in [0, 0.05) is 5.56 Å². The van der Waals surface area contributed by atoms with Gasteiger partial charge in [0.15, 0.2) is 12.7 Å². The van der Waals surface area contributed by atoms with Crippen molar-refractivity contribution in [1.29, 1.82) is 0 Å². The van der Waals surface area contributed by atoms with Gasteiger partial charge in [-0.2, -0.15) is 4.57 Å². The Kier molecular flexibility index (Phi) is 3.57. The molecule has 0 saturated heterocycles. The van der Waals surface area contributed by atoms with Crippen LogP contribution in [0.2, 0.25) is 0 Å². The van der Waals surface area contributed by atoms with E-state index in [1.54, 1.807) is 0 Å². The number of nitrogens with zero attached hydrogens (tertiary/aromatic N) is 2. The van der Waals surface area contributed by atoms with E-state index < -0.39 is 0 Å². The Labute approximate surface area is 169 Å². The standard InChI is InChI=1S/C27H19N2/c1-2-5-19(6-3-1)18-29-16-15-28-17-25(29)23-13-11-22-10-9-20-7-4-8-21-12-14-24(23)27(22)26(20)21/h1-17H,18H2/q+1. The lowest BCUT2D eigenvalue weighted by molar-refractivity contribution is -0.677. The van der Waals surface area contributed by atoms with Gasteiger partial charge in [-0.15, -0.1) is 0 Å². The molecule has 0 aliphatic carbocycles. The Morgan fingerprint density at radius 2 is 1.38 bits per heavy atom. The molecule has 0 saturated carbocycles. The van der Waals surface area contributed by atoms with Crippen LogP contribution in [0.4, 0.5) is 0 Å². The molecule has 6 rings (SSSR count). The van der Waals surface area contributed by atoms with E-state index in [1.165, 1.54) is 43.4 Å². The van der Waals surface area contributed by atoms with Crippen molar-refractivity contribution in [3.8, 4) is 11.3 Å². The Balaban J connectivity index is 1.63. The third-order valence-corrected chi connectivity index (χ3v) is 5.84. The average molecular weight is 371 g/mol. The molecule has 0 aliphatic rings. The predicted octanol–water partition coefficient (Wildman–Crippen LogP) is 5.98. The summed E-state index contributed by atoms with van der Waals surface area (Å²) in [6.45, 7) is 0.820. The van der Waals surface area contributed by atoms with Crippen LogP contribution in [0.15, 0.2) is 104 Å². The smallest absolute Gasteiger partial charge is 0.231 e. The van der Waals surface area contributed by atoms with E-state index >= 15 is 0 Å². The second-order valence-electron chi connectivity index (χ2n) is 7.54. The number of rotatable bonds is 3. The van der Waals surface area contributed by atoms with Crippen LogP contribution in [0.1, 0.15) is 5.56 Å². The molecule has 1 heterocycles. The lowest BCUT2D eigenvalue weighted by Gasteiger charge is -2.13. The van der Waals surface area contributed by atoms with Gasteiger partial charge < -0.3 is 0 Å². The molecule has 0 radical (unpaired) electrons. The zero-order valence-corrected chi connectivity index (χ0v) is 15.9. The molecule has 6 aromatic rings. The zero-order chi connectivity index (χ0) is 19.2. The number of aromatic nitrogens is 2. The van der Waals surface area contributed by atoms with E-state index in [0.29, 0.717) is 0 Å². The number of hydrogen-bond donors (Lipinski definition) is 0. The van der Waals surface area contributed by atoms with Gasteiger partial charge in [0.05, 0.1) is 18.0 Å². The molecule has 2 heteroatoms. The molecule has 0 unspecified atom stereocenters. The first-order chi connectivity index (χ1) is 14.4. The minimum Gasteiger partial charge on any atom is -0.252 e. The quantitative estimate of drug-likeness (QED) is 0.276. The predicted molar refractivity (Wildman–Crippen MR) is 119 cm³/mol. The molecule has 5 aromatic carbocycles. The fourth-order valence-corrected chi connectivity index (χ4v) is 4.49. The molecule has 0 bridgehead atoms. The molecule has 0 fully saturated rings. The van der Waals surface area contributed by atoms with Gasteiger partial charge in [-0.25, -0.2) is 0 Å². The maximum absolute atomic E-state index is 4.45. The summed E-state index contributed by atoms with van der Waals surface area (Å²) in [4.78, 5) is 4.45. The second kappa shape index (κ2) is 6.39. The van der Waals surface area contributed by atoms with Gasteiger partial charge >= 0.3 is 0 Å². The lowest BCUT2D eigenvalue weighted by Crippen LogP contribution is -2.36. The Morgan fingerprint density at radius 3 is 2.21 bits per heavy atom. The van der Waals surface area contributed by atoms with Crippen molar-refractivity contribution in [2.45, 2.75) is 6.54 Å². The van der Waals surface area contributed by atoms with Crippen molar-refractivity contribution in [2.24, 2.45) is 0 Å². The van der Waals surface area contributed by atoms with Crippen molar-refractivity contribution in [2.75, 3.05) is 0 Å². The highest BCUT2D eigenvalue weighted by atomic mass is 15.0. The summed E-state index contributed by atoms with van der Waals surface area (Å²) in [5.41, 5.74) is 3.64. The fourth-order valence-electron chi connectivity index (χ4n) is 4.49. The summed E-state index contributed by atoms with van der Waals surface area (Å²) in [6.07, 6.45) is 5.91. The Hall–Kier alpha value is -3.78. The molecule has 0 spiro atoms. The van der Waals surface area contributed by atoms with Crippen LogP contribution >= 0.6 is 0 Å². The third-order valence-electron chi connectivity index (χ3n) is 5.84. The van der Waals surface area contributed by atoms with Gasteiger partial charge in [-0.05, 0) is 38.4 Å². The van der Waals surface area contributed by atoms with Crippen molar-refractivity contribution < 1.29 is 4.57 Å². The summed E-state index contributed by atoms with van der Waals surface area (Å²) in [6, 6.07) is 30.6. The van der Waals surface area contributed by atoms with Crippen molar-refractivity contribution in [3.63, 3.8) is 0 Å². The normalized spacial score (nSPS) is 11.6. The van der Waals surface area contributed by atoms with E-state index in [9.17, 15) is 0 Å². The topological polar surface area (TPSA) is 16.8 Å². The maximum atomic E-state index is 4.45. The van der Waals surface area contributed by atoms with Gasteiger partial charge in [0.25, 0.3) is 0 Å². The minimum atomic E-state index is 0.820. The molecule has 2 nitrogen and oxygen atoms in total. The van der Waals surface area contributed by atoms with Gasteiger partial charge in [0.1, 0.15) is 0 Å². The van der Waals surface area contributed by atoms with Crippen LogP contribution in [-0.2, 0) is 6.54 Å². The van der Waals surface area contributed by atoms with Crippen LogP contribution in [0.25, 0.3) is 43.6 Å². The largest absolute Gasteiger partial charge is 0.252 e. The molecule has 136 valence electrons. The van der Waals surface area contributed by atoms with Crippen molar-refractivity contribution in [3.05, 3.63) is 109 Å². The molecule has 29 heavy (non-hydrogen) atoms. The van der Waals surface area contributed by atoms with E-state index in [-0.39, 0.29) is 0 Å². The highest BCUT2D eigenvalue weighted by Crippen LogP contribution is 2.38. The maximum Gasteiger partial charge on any atom is 0.231 e. The number of benzene rings is 5. The van der Waals surface area contributed by atoms with Crippen LogP contribution in [-0.4, -0.2) is 4.98 Å². The molecule has 1 aromatic heterocycles. The summed E-state index contributed by atoms with van der Waals surface area (Å²) >= 11 is 0. The monoisotopic (exact) mass is 371 g/mol. The zero-order valence-electron chi connectivity index (χ0n) is 15.9. The first-order valence-electron chi connectivity index (χ1n) is 9.93. The highest BCUT2D eigenvalue weighted by Gasteiger charge is 2.18. The minimum absolute atomic E-state index is 0.820. The van der Waals surface area contributed by atoms with E-state index in [2.05, 4.69) is 101 Å². The van der Waals surface area contributed by atoms with E-state index in [1.807, 2.05) is 12.4 Å². The summed E-state index contributed by atoms with van der Waals surface area (Å²) in [5.74, 6) is 0. The second-order valence-corrected chi connectivity index (χ2v) is 7.54. The molecule has 0 N–H and O–H groups in total. The number of hydrogen-bond acceptors (Lipinski definition) is 1. The summed E-state index contributed by atoms with van der Waals surface area (Å²) < 4.78 is 2.29. The van der Waals surface area contributed by atoms with Gasteiger partial charge in [-0.1, -0.05) is 78.9 Å². The van der Waals surface area contributed by atoms with Gasteiger partial charge in [0.2, 0.25) is 5.69 Å². The Bertz CT molecular complexity index is 1450. The van der Waals surface area contributed by atoms with Crippen LogP contribution < -0.4 is 4.57 Å². The molecule has 0 atom stereocenters. The molecular formula is C27H19N2+. The molecule has 0 amide bonds. The van der Waals surface area contributed by atoms with Crippen LogP contribution in [0, 0.1) is 0 Å². The van der Waals surface area contributed by atoms with Crippen molar-refractivity contribution >= 4 is 32.3 Å². The molecular weight excluding hydrogens is 352 g/mol. The lowest BCUT2D eigenvalue weighted by atomic mass is 9.91. The first-order valence-corrected chi connectivity index (χ1v) is 9.93. The SMILES string of the molecule is c1ccc(C[n+]2ccncc2-c2ccc3ccc4cccc5ccc2c3c45)cc1. The first kappa shape index (κ1) is 16.2. The van der Waals surface area contributed by atoms with Gasteiger partial charge in [-0.3, -0.25) is 4.98 Å². The highest BCUT2D eigenvalue weighted by molar-refractivity contribution is 6.25. The van der Waals surface area contributed by atoms with E-state index in [4.69, 9.17) is 0 Å². The van der Waals surface area contributed by atoms with E-state index in [0.717, 1.165) is 12.2 Å².